The second-order valence-electron chi connectivity index (χ2n) is 4.58. The number of methoxy groups -OCH3 is 1. The molecule has 0 aliphatic heterocycles. The van der Waals surface area contributed by atoms with Crippen molar-refractivity contribution in [1.29, 1.82) is 0 Å². The Labute approximate surface area is 133 Å². The summed E-state index contributed by atoms with van der Waals surface area (Å²) in [7, 11) is 3.29. The molecule has 0 aromatic carbocycles. The minimum Gasteiger partial charge on any atom is -0.389 e. The predicted molar refractivity (Wildman–Crippen MR) is 84.9 cm³/mol. The molecule has 0 saturated heterocycles. The molecule has 0 radical (unpaired) electrons. The lowest BCUT2D eigenvalue weighted by Crippen LogP contribution is -2.37. The normalized spacial score (nSPS) is 12.6. The van der Waals surface area contributed by atoms with E-state index in [0.29, 0.717) is 16.8 Å². The van der Waals surface area contributed by atoms with E-state index in [4.69, 9.17) is 4.74 Å². The topological polar surface area (TPSA) is 87.6 Å². The highest BCUT2D eigenvalue weighted by molar-refractivity contribution is 7.99. The van der Waals surface area contributed by atoms with Crippen LogP contribution in [0.3, 0.4) is 0 Å². The third-order valence-corrected chi connectivity index (χ3v) is 4.18. The number of ether oxygens (including phenoxy) is 1. The van der Waals surface area contributed by atoms with Crippen LogP contribution in [0.4, 0.5) is 5.13 Å². The molecule has 0 aliphatic rings. The second kappa shape index (κ2) is 10.1. The fourth-order valence-electron chi connectivity index (χ4n) is 1.59. The molecule has 1 amide bonds. The average Bonchev–Trinajstić information content (AvgIpc) is 2.83. The number of nitrogens with one attached hydrogen (secondary N) is 1. The number of thioether (sulfide) groups is 1. The van der Waals surface area contributed by atoms with Gasteiger partial charge in [-0.05, 0) is 13.5 Å². The molecular formula is C12H22N4O3S2. The van der Waals surface area contributed by atoms with E-state index in [9.17, 15) is 9.90 Å². The van der Waals surface area contributed by atoms with Crippen LogP contribution in [0, 0.1) is 0 Å². The number of amides is 1. The summed E-state index contributed by atoms with van der Waals surface area (Å²) < 4.78 is 9.01. The summed E-state index contributed by atoms with van der Waals surface area (Å²) in [6, 6.07) is 0. The third kappa shape index (κ3) is 7.72. The standard InChI is InChI=1S/C12H22N4O3S2/c1-4-5-20-12-14-11(21-15-12)13-10(18)7-16(2)6-9(17)8-19-3/h9,17H,4-8H2,1-3H3,(H,13,14,15,18). The van der Waals surface area contributed by atoms with E-state index in [1.165, 1.54) is 18.6 Å². The number of anilines is 1. The van der Waals surface area contributed by atoms with Gasteiger partial charge in [0.25, 0.3) is 0 Å². The molecule has 1 atom stereocenters. The van der Waals surface area contributed by atoms with Crippen molar-refractivity contribution in [2.24, 2.45) is 0 Å². The zero-order valence-electron chi connectivity index (χ0n) is 12.5. The van der Waals surface area contributed by atoms with Crippen LogP contribution in [0.25, 0.3) is 0 Å². The van der Waals surface area contributed by atoms with Gasteiger partial charge < -0.3 is 9.84 Å². The van der Waals surface area contributed by atoms with Gasteiger partial charge in [-0.15, -0.1) is 0 Å². The summed E-state index contributed by atoms with van der Waals surface area (Å²) in [6.07, 6.45) is 0.451. The van der Waals surface area contributed by atoms with E-state index in [1.54, 1.807) is 23.7 Å². The van der Waals surface area contributed by atoms with Gasteiger partial charge in [-0.2, -0.15) is 9.36 Å². The van der Waals surface area contributed by atoms with Gasteiger partial charge in [-0.25, -0.2) is 0 Å². The molecule has 2 N–H and O–H groups in total. The van der Waals surface area contributed by atoms with Crippen molar-refractivity contribution in [2.75, 3.05) is 44.9 Å². The maximum atomic E-state index is 11.9. The van der Waals surface area contributed by atoms with Gasteiger partial charge in [0.1, 0.15) is 0 Å². The van der Waals surface area contributed by atoms with Crippen LogP contribution in [0.1, 0.15) is 13.3 Å². The lowest BCUT2D eigenvalue weighted by molar-refractivity contribution is -0.117. The Morgan fingerprint density at radius 1 is 1.62 bits per heavy atom. The summed E-state index contributed by atoms with van der Waals surface area (Å²) >= 11 is 2.75. The Balaban J connectivity index is 2.34. The molecule has 0 saturated carbocycles. The molecule has 1 aromatic rings. The smallest absolute Gasteiger partial charge is 0.240 e. The van der Waals surface area contributed by atoms with E-state index >= 15 is 0 Å². The predicted octanol–water partition coefficient (Wildman–Crippen LogP) is 0.918. The molecule has 9 heteroatoms. The van der Waals surface area contributed by atoms with Crippen LogP contribution >= 0.6 is 23.3 Å². The van der Waals surface area contributed by atoms with Gasteiger partial charge >= 0.3 is 0 Å². The molecular weight excluding hydrogens is 312 g/mol. The number of aliphatic hydroxyl groups is 1. The van der Waals surface area contributed by atoms with Crippen molar-refractivity contribution in [3.8, 4) is 0 Å². The minimum absolute atomic E-state index is 0.176. The Morgan fingerprint density at radius 2 is 2.38 bits per heavy atom. The molecule has 1 heterocycles. The molecule has 0 bridgehead atoms. The molecule has 0 spiro atoms. The summed E-state index contributed by atoms with van der Waals surface area (Å²) in [5.41, 5.74) is 0. The number of hydrogen-bond donors (Lipinski definition) is 2. The molecule has 1 unspecified atom stereocenters. The number of aliphatic hydroxyl groups excluding tert-OH is 1. The molecule has 1 rings (SSSR count). The molecule has 120 valence electrons. The molecule has 7 nitrogen and oxygen atoms in total. The highest BCUT2D eigenvalue weighted by Gasteiger charge is 2.13. The Bertz CT molecular complexity index is 430. The zero-order valence-corrected chi connectivity index (χ0v) is 14.2. The summed E-state index contributed by atoms with van der Waals surface area (Å²) in [6.45, 7) is 2.89. The Morgan fingerprint density at radius 3 is 3.05 bits per heavy atom. The lowest BCUT2D eigenvalue weighted by atomic mass is 10.3. The number of likely N-dealkylation sites (N-methyl/N-ethyl adjacent to an activating group) is 1. The van der Waals surface area contributed by atoms with Crippen molar-refractivity contribution in [3.63, 3.8) is 0 Å². The fraction of sp³-hybridized carbons (Fsp3) is 0.750. The molecule has 0 aliphatic carbocycles. The van der Waals surface area contributed by atoms with Gasteiger partial charge in [0.2, 0.25) is 16.2 Å². The van der Waals surface area contributed by atoms with Crippen molar-refractivity contribution in [3.05, 3.63) is 0 Å². The fourth-order valence-corrected chi connectivity index (χ4v) is 3.00. The largest absolute Gasteiger partial charge is 0.389 e. The maximum absolute atomic E-state index is 11.9. The van der Waals surface area contributed by atoms with Crippen LogP contribution in [0.15, 0.2) is 5.16 Å². The first-order chi connectivity index (χ1) is 10.0. The first-order valence-electron chi connectivity index (χ1n) is 6.67. The zero-order chi connectivity index (χ0) is 15.7. The van der Waals surface area contributed by atoms with E-state index in [0.717, 1.165) is 12.2 Å². The van der Waals surface area contributed by atoms with Crippen LogP contribution < -0.4 is 5.32 Å². The quantitative estimate of drug-likeness (QED) is 0.615. The number of aromatic nitrogens is 2. The van der Waals surface area contributed by atoms with Crippen LogP contribution in [-0.2, 0) is 9.53 Å². The number of carbonyl (C=O) groups is 1. The minimum atomic E-state index is -0.605. The van der Waals surface area contributed by atoms with Crippen LogP contribution in [-0.4, -0.2) is 71.0 Å². The van der Waals surface area contributed by atoms with Gasteiger partial charge in [0.05, 0.1) is 19.3 Å². The second-order valence-corrected chi connectivity index (χ2v) is 6.40. The molecule has 0 fully saturated rings. The SMILES string of the molecule is CCCSc1nsc(NC(=O)CN(C)CC(O)COC)n1. The van der Waals surface area contributed by atoms with Crippen molar-refractivity contribution in [1.82, 2.24) is 14.3 Å². The summed E-state index contributed by atoms with van der Waals surface area (Å²) in [5, 5.41) is 13.5. The molecule has 21 heavy (non-hydrogen) atoms. The number of hydrogen-bond acceptors (Lipinski definition) is 8. The number of carbonyl (C=O) groups excluding carboxylic acids is 1. The van der Waals surface area contributed by atoms with Gasteiger partial charge in [-0.3, -0.25) is 15.0 Å². The molecule has 1 aromatic heterocycles. The van der Waals surface area contributed by atoms with Crippen molar-refractivity contribution < 1.29 is 14.6 Å². The monoisotopic (exact) mass is 334 g/mol. The van der Waals surface area contributed by atoms with Crippen molar-refractivity contribution in [2.45, 2.75) is 24.6 Å². The van der Waals surface area contributed by atoms with Crippen molar-refractivity contribution >= 4 is 34.3 Å². The van der Waals surface area contributed by atoms with E-state index in [2.05, 4.69) is 21.6 Å². The lowest BCUT2D eigenvalue weighted by Gasteiger charge is -2.19. The van der Waals surface area contributed by atoms with Crippen LogP contribution in [0.5, 0.6) is 0 Å². The first kappa shape index (κ1) is 18.3. The number of nitrogens with zero attached hydrogens (tertiary/aromatic N) is 3. The summed E-state index contributed by atoms with van der Waals surface area (Å²) in [5.74, 6) is 0.787. The van der Waals surface area contributed by atoms with Gasteiger partial charge in [-0.1, -0.05) is 18.7 Å². The van der Waals surface area contributed by atoms with E-state index < -0.39 is 6.10 Å². The van der Waals surface area contributed by atoms with E-state index in [1.807, 2.05) is 0 Å². The average molecular weight is 334 g/mol. The third-order valence-electron chi connectivity index (χ3n) is 2.38. The van der Waals surface area contributed by atoms with Crippen LogP contribution in [0.2, 0.25) is 0 Å². The van der Waals surface area contributed by atoms with Gasteiger partial charge in [0.15, 0.2) is 0 Å². The summed E-state index contributed by atoms with van der Waals surface area (Å²) in [4.78, 5) is 17.8. The highest BCUT2D eigenvalue weighted by atomic mass is 32.2. The Kier molecular flexibility index (Phi) is 8.77. The number of rotatable bonds is 10. The van der Waals surface area contributed by atoms with E-state index in [-0.39, 0.29) is 19.1 Å². The maximum Gasteiger partial charge on any atom is 0.240 e. The van der Waals surface area contributed by atoms with Gasteiger partial charge in [0, 0.05) is 30.9 Å². The highest BCUT2D eigenvalue weighted by Crippen LogP contribution is 2.20. The first-order valence-corrected chi connectivity index (χ1v) is 8.43. The Hall–Kier alpha value is -0.740.